The molecule has 2 aromatic rings. The topological polar surface area (TPSA) is 26.0 Å². The second kappa shape index (κ2) is 6.64. The molecule has 1 aliphatic rings. The van der Waals surface area contributed by atoms with Crippen LogP contribution in [0.25, 0.3) is 11.1 Å². The summed E-state index contributed by atoms with van der Waals surface area (Å²) in [6, 6.07) is 15.0. The SMILES string of the molecule is NCc1ccc(-c2ccc(C3CCCCC3)cc2)c(Cl)c1. The van der Waals surface area contributed by atoms with E-state index in [2.05, 4.69) is 36.4 Å². The van der Waals surface area contributed by atoms with Crippen molar-refractivity contribution in [1.29, 1.82) is 0 Å². The number of hydrogen-bond acceptors (Lipinski definition) is 1. The summed E-state index contributed by atoms with van der Waals surface area (Å²) in [4.78, 5) is 0. The van der Waals surface area contributed by atoms with Crippen LogP contribution < -0.4 is 5.73 Å². The maximum absolute atomic E-state index is 6.38. The van der Waals surface area contributed by atoms with E-state index < -0.39 is 0 Å². The van der Waals surface area contributed by atoms with Crippen LogP contribution >= 0.6 is 11.6 Å². The van der Waals surface area contributed by atoms with Crippen LogP contribution in [0.5, 0.6) is 0 Å². The molecule has 3 rings (SSSR count). The van der Waals surface area contributed by atoms with Crippen LogP contribution in [-0.4, -0.2) is 0 Å². The summed E-state index contributed by atoms with van der Waals surface area (Å²) in [6.45, 7) is 0.528. The van der Waals surface area contributed by atoms with Gasteiger partial charge in [0, 0.05) is 17.1 Å². The Morgan fingerprint density at radius 1 is 0.952 bits per heavy atom. The zero-order chi connectivity index (χ0) is 14.7. The fraction of sp³-hybridized carbons (Fsp3) is 0.368. The number of hydrogen-bond donors (Lipinski definition) is 1. The molecular formula is C19H22ClN. The minimum absolute atomic E-state index is 0.528. The number of rotatable bonds is 3. The maximum Gasteiger partial charge on any atom is 0.0487 e. The third kappa shape index (κ3) is 3.30. The highest BCUT2D eigenvalue weighted by molar-refractivity contribution is 6.33. The van der Waals surface area contributed by atoms with Gasteiger partial charge in [0.25, 0.3) is 0 Å². The minimum Gasteiger partial charge on any atom is -0.326 e. The molecule has 1 aliphatic carbocycles. The molecule has 2 heteroatoms. The largest absolute Gasteiger partial charge is 0.326 e. The highest BCUT2D eigenvalue weighted by Gasteiger charge is 2.15. The van der Waals surface area contributed by atoms with Crippen LogP contribution in [0.3, 0.4) is 0 Å². The van der Waals surface area contributed by atoms with Crippen molar-refractivity contribution in [2.24, 2.45) is 5.73 Å². The standard InChI is InChI=1S/C19H22ClN/c20-19-12-14(13-21)6-11-18(19)17-9-7-16(8-10-17)15-4-2-1-3-5-15/h6-12,15H,1-5,13,21H2. The summed E-state index contributed by atoms with van der Waals surface area (Å²) < 4.78 is 0. The number of nitrogens with two attached hydrogens (primary N) is 1. The normalized spacial score (nSPS) is 16.1. The molecule has 110 valence electrons. The van der Waals surface area contributed by atoms with Crippen LogP contribution in [0.2, 0.25) is 5.02 Å². The molecule has 2 N–H and O–H groups in total. The summed E-state index contributed by atoms with van der Waals surface area (Å²) in [5, 5.41) is 0.781. The predicted octanol–water partition coefficient (Wildman–Crippen LogP) is 5.51. The zero-order valence-corrected chi connectivity index (χ0v) is 13.1. The van der Waals surface area contributed by atoms with E-state index in [1.54, 1.807) is 0 Å². The minimum atomic E-state index is 0.528. The maximum atomic E-state index is 6.38. The molecule has 0 unspecified atom stereocenters. The number of halogens is 1. The number of benzene rings is 2. The lowest BCUT2D eigenvalue weighted by atomic mass is 9.83. The molecule has 0 radical (unpaired) electrons. The van der Waals surface area contributed by atoms with Crippen LogP contribution in [0.15, 0.2) is 42.5 Å². The molecule has 0 saturated heterocycles. The Morgan fingerprint density at radius 2 is 1.67 bits per heavy atom. The second-order valence-corrected chi connectivity index (χ2v) is 6.38. The fourth-order valence-electron chi connectivity index (χ4n) is 3.29. The Kier molecular flexibility index (Phi) is 4.62. The van der Waals surface area contributed by atoms with Crippen molar-refractivity contribution in [1.82, 2.24) is 0 Å². The quantitative estimate of drug-likeness (QED) is 0.794. The molecule has 0 aromatic heterocycles. The monoisotopic (exact) mass is 299 g/mol. The molecule has 0 heterocycles. The van der Waals surface area contributed by atoms with Crippen molar-refractivity contribution in [3.8, 4) is 11.1 Å². The lowest BCUT2D eigenvalue weighted by molar-refractivity contribution is 0.443. The predicted molar refractivity (Wildman–Crippen MR) is 90.6 cm³/mol. The van der Waals surface area contributed by atoms with Gasteiger partial charge >= 0.3 is 0 Å². The third-order valence-corrected chi connectivity index (χ3v) is 4.88. The van der Waals surface area contributed by atoms with E-state index in [4.69, 9.17) is 17.3 Å². The van der Waals surface area contributed by atoms with Gasteiger partial charge in [-0.3, -0.25) is 0 Å². The smallest absolute Gasteiger partial charge is 0.0487 e. The van der Waals surface area contributed by atoms with E-state index >= 15 is 0 Å². The van der Waals surface area contributed by atoms with E-state index in [1.165, 1.54) is 43.2 Å². The molecule has 2 aromatic carbocycles. The summed E-state index contributed by atoms with van der Waals surface area (Å²) in [6.07, 6.45) is 6.83. The summed E-state index contributed by atoms with van der Waals surface area (Å²) in [5.74, 6) is 0.753. The highest BCUT2D eigenvalue weighted by Crippen LogP contribution is 2.34. The average Bonchev–Trinajstić information content (AvgIpc) is 2.56. The van der Waals surface area contributed by atoms with Crippen LogP contribution in [-0.2, 0) is 6.54 Å². The Labute approximate surface area is 132 Å². The van der Waals surface area contributed by atoms with Crippen molar-refractivity contribution in [3.05, 3.63) is 58.6 Å². The van der Waals surface area contributed by atoms with Gasteiger partial charge in [-0.05, 0) is 41.5 Å². The molecule has 0 aliphatic heterocycles. The van der Waals surface area contributed by atoms with Crippen molar-refractivity contribution in [2.75, 3.05) is 0 Å². The lowest BCUT2D eigenvalue weighted by Crippen LogP contribution is -2.04. The Hall–Kier alpha value is -1.31. The molecule has 1 fully saturated rings. The zero-order valence-electron chi connectivity index (χ0n) is 12.3. The summed E-state index contributed by atoms with van der Waals surface area (Å²) in [7, 11) is 0. The van der Waals surface area contributed by atoms with Gasteiger partial charge in [0.05, 0.1) is 0 Å². The van der Waals surface area contributed by atoms with Gasteiger partial charge in [-0.1, -0.05) is 67.3 Å². The van der Waals surface area contributed by atoms with Crippen molar-refractivity contribution in [2.45, 2.75) is 44.6 Å². The summed E-state index contributed by atoms with van der Waals surface area (Å²) in [5.41, 5.74) is 10.5. The van der Waals surface area contributed by atoms with Crippen molar-refractivity contribution < 1.29 is 0 Å². The molecule has 0 bridgehead atoms. The molecule has 1 nitrogen and oxygen atoms in total. The molecule has 1 saturated carbocycles. The van der Waals surface area contributed by atoms with Gasteiger partial charge in [0.1, 0.15) is 0 Å². The molecule has 0 atom stereocenters. The first-order valence-corrected chi connectivity index (χ1v) is 8.24. The van der Waals surface area contributed by atoms with E-state index in [9.17, 15) is 0 Å². The average molecular weight is 300 g/mol. The Bertz CT molecular complexity index is 597. The first-order chi connectivity index (χ1) is 10.3. The van der Waals surface area contributed by atoms with E-state index in [-0.39, 0.29) is 0 Å². The van der Waals surface area contributed by atoms with Gasteiger partial charge in [0.2, 0.25) is 0 Å². The van der Waals surface area contributed by atoms with Crippen LogP contribution in [0, 0.1) is 0 Å². The molecular weight excluding hydrogens is 278 g/mol. The third-order valence-electron chi connectivity index (χ3n) is 4.57. The first kappa shape index (κ1) is 14.6. The van der Waals surface area contributed by atoms with Gasteiger partial charge in [-0.2, -0.15) is 0 Å². The van der Waals surface area contributed by atoms with Crippen molar-refractivity contribution >= 4 is 11.6 Å². The molecule has 0 amide bonds. The Morgan fingerprint density at radius 3 is 2.29 bits per heavy atom. The van der Waals surface area contributed by atoms with E-state index in [1.807, 2.05) is 6.07 Å². The van der Waals surface area contributed by atoms with Crippen LogP contribution in [0.1, 0.15) is 49.1 Å². The molecule has 0 spiro atoms. The highest BCUT2D eigenvalue weighted by atomic mass is 35.5. The van der Waals surface area contributed by atoms with Crippen LogP contribution in [0.4, 0.5) is 0 Å². The van der Waals surface area contributed by atoms with Gasteiger partial charge < -0.3 is 5.73 Å². The fourth-order valence-corrected chi connectivity index (χ4v) is 3.60. The summed E-state index contributed by atoms with van der Waals surface area (Å²) >= 11 is 6.38. The van der Waals surface area contributed by atoms with Crippen molar-refractivity contribution in [3.63, 3.8) is 0 Å². The Balaban J connectivity index is 1.83. The van der Waals surface area contributed by atoms with Gasteiger partial charge in [0.15, 0.2) is 0 Å². The lowest BCUT2D eigenvalue weighted by Gasteiger charge is -2.22. The molecule has 21 heavy (non-hydrogen) atoms. The second-order valence-electron chi connectivity index (χ2n) is 5.98. The van der Waals surface area contributed by atoms with Gasteiger partial charge in [-0.25, -0.2) is 0 Å². The van der Waals surface area contributed by atoms with Gasteiger partial charge in [-0.15, -0.1) is 0 Å². The first-order valence-electron chi connectivity index (χ1n) is 7.87. The van der Waals surface area contributed by atoms with E-state index in [0.717, 1.165) is 22.1 Å². The van der Waals surface area contributed by atoms with E-state index in [0.29, 0.717) is 6.54 Å².